The molecule has 4 nitrogen and oxygen atoms in total. The van der Waals surface area contributed by atoms with Crippen LogP contribution < -0.4 is 10.5 Å². The molecule has 1 rings (SSSR count). The second-order valence-electron chi connectivity index (χ2n) is 2.10. The van der Waals surface area contributed by atoms with E-state index in [-0.39, 0.29) is 4.99 Å². The average molecular weight is 169 g/mol. The molecule has 1 heterocycles. The van der Waals surface area contributed by atoms with Crippen LogP contribution in [0.2, 0.25) is 0 Å². The molecule has 11 heavy (non-hydrogen) atoms. The van der Waals surface area contributed by atoms with E-state index in [1.54, 1.807) is 6.92 Å². The van der Waals surface area contributed by atoms with Crippen molar-refractivity contribution in [2.45, 2.75) is 6.92 Å². The third kappa shape index (κ3) is 1.62. The Morgan fingerprint density at radius 3 is 2.91 bits per heavy atom. The molecule has 0 amide bonds. The molecule has 0 aromatic carbocycles. The van der Waals surface area contributed by atoms with Crippen molar-refractivity contribution in [2.75, 3.05) is 0 Å². The number of nitrogens with zero attached hydrogens (tertiary/aromatic N) is 2. The normalized spacial score (nSPS) is 9.55. The van der Waals surface area contributed by atoms with Crippen LogP contribution in [0.15, 0.2) is 12.4 Å². The first-order valence-electron chi connectivity index (χ1n) is 2.97. The highest BCUT2D eigenvalue weighted by Crippen LogP contribution is 1.90. The molecule has 0 unspecified atom stereocenters. The van der Waals surface area contributed by atoms with Gasteiger partial charge in [-0.1, -0.05) is 12.2 Å². The van der Waals surface area contributed by atoms with Crippen molar-refractivity contribution >= 4 is 17.2 Å². The van der Waals surface area contributed by atoms with Crippen molar-refractivity contribution in [3.05, 3.63) is 29.0 Å². The summed E-state index contributed by atoms with van der Waals surface area (Å²) >= 11 is 4.63. The molecular weight excluding hydrogens is 162 g/mol. The monoisotopic (exact) mass is 169 g/mol. The second kappa shape index (κ2) is 2.79. The van der Waals surface area contributed by atoms with E-state index in [9.17, 15) is 5.21 Å². The van der Waals surface area contributed by atoms with Crippen LogP contribution >= 0.6 is 12.2 Å². The van der Waals surface area contributed by atoms with Crippen LogP contribution in [-0.2, 0) is 0 Å². The number of aromatic nitrogens is 2. The largest absolute Gasteiger partial charge is 0.618 e. The predicted molar refractivity (Wildman–Crippen MR) is 43.8 cm³/mol. The highest BCUT2D eigenvalue weighted by molar-refractivity contribution is 7.80. The lowest BCUT2D eigenvalue weighted by atomic mass is 10.4. The van der Waals surface area contributed by atoms with E-state index in [4.69, 9.17) is 5.73 Å². The zero-order chi connectivity index (χ0) is 8.43. The molecule has 5 heteroatoms. The molecule has 0 bridgehead atoms. The molecule has 0 aliphatic carbocycles. The smallest absolute Gasteiger partial charge is 0.209 e. The maximum atomic E-state index is 10.9. The maximum absolute atomic E-state index is 10.9. The fourth-order valence-corrected chi connectivity index (χ4v) is 0.699. The molecule has 0 saturated heterocycles. The Bertz CT molecular complexity index is 300. The van der Waals surface area contributed by atoms with Crippen LogP contribution in [0.3, 0.4) is 0 Å². The van der Waals surface area contributed by atoms with Gasteiger partial charge in [0.15, 0.2) is 5.69 Å². The van der Waals surface area contributed by atoms with Crippen LogP contribution in [0.25, 0.3) is 0 Å². The van der Waals surface area contributed by atoms with Crippen LogP contribution in [0.4, 0.5) is 0 Å². The number of rotatable bonds is 1. The summed E-state index contributed by atoms with van der Waals surface area (Å²) in [6.07, 6.45) is 2.69. The van der Waals surface area contributed by atoms with Gasteiger partial charge in [0.1, 0.15) is 4.99 Å². The van der Waals surface area contributed by atoms with Gasteiger partial charge in [0, 0.05) is 6.92 Å². The maximum Gasteiger partial charge on any atom is 0.209 e. The summed E-state index contributed by atoms with van der Waals surface area (Å²) in [4.78, 5) is 3.99. The van der Waals surface area contributed by atoms with Crippen molar-refractivity contribution in [1.82, 2.24) is 4.98 Å². The Morgan fingerprint density at radius 1 is 1.82 bits per heavy atom. The van der Waals surface area contributed by atoms with E-state index >= 15 is 0 Å². The SMILES string of the molecule is Cc1cnc(C(N)=S)c[n+]1[O-]. The number of hydrogen-bond donors (Lipinski definition) is 1. The van der Waals surface area contributed by atoms with Crippen LogP contribution in [0, 0.1) is 12.1 Å². The molecule has 0 aliphatic rings. The average Bonchev–Trinajstić information content (AvgIpc) is 1.94. The minimum absolute atomic E-state index is 0.134. The Labute approximate surface area is 69.3 Å². The third-order valence-electron chi connectivity index (χ3n) is 1.23. The Balaban J connectivity index is 3.15. The molecule has 0 atom stereocenters. The van der Waals surface area contributed by atoms with Gasteiger partial charge in [-0.25, -0.2) is 4.98 Å². The summed E-state index contributed by atoms with van der Waals surface area (Å²) < 4.78 is 0.682. The van der Waals surface area contributed by atoms with E-state index in [2.05, 4.69) is 17.2 Å². The van der Waals surface area contributed by atoms with Crippen molar-refractivity contribution in [3.63, 3.8) is 0 Å². The second-order valence-corrected chi connectivity index (χ2v) is 2.54. The topological polar surface area (TPSA) is 65.8 Å². The first-order chi connectivity index (χ1) is 5.11. The molecular formula is C6H7N3OS. The highest BCUT2D eigenvalue weighted by Gasteiger charge is 2.04. The lowest BCUT2D eigenvalue weighted by Crippen LogP contribution is -2.32. The predicted octanol–water partition coefficient (Wildman–Crippen LogP) is -0.342. The fraction of sp³-hybridized carbons (Fsp3) is 0.167. The van der Waals surface area contributed by atoms with Crippen molar-refractivity contribution < 1.29 is 4.73 Å². The van der Waals surface area contributed by atoms with E-state index in [1.807, 2.05) is 0 Å². The van der Waals surface area contributed by atoms with E-state index < -0.39 is 0 Å². The van der Waals surface area contributed by atoms with E-state index in [0.717, 1.165) is 0 Å². The van der Waals surface area contributed by atoms with Crippen LogP contribution in [-0.4, -0.2) is 9.97 Å². The van der Waals surface area contributed by atoms with Gasteiger partial charge < -0.3 is 10.9 Å². The molecule has 1 aromatic rings. The Kier molecular flexibility index (Phi) is 2.00. The molecule has 2 N–H and O–H groups in total. The molecule has 0 fully saturated rings. The lowest BCUT2D eigenvalue weighted by Gasteiger charge is -2.00. The standard InChI is InChI=1S/C6H7N3OS/c1-4-2-8-5(6(7)11)3-9(4)10/h2-3H,1H3,(H2,7,11). The van der Waals surface area contributed by atoms with E-state index in [1.165, 1.54) is 12.4 Å². The lowest BCUT2D eigenvalue weighted by molar-refractivity contribution is -0.613. The first kappa shape index (κ1) is 7.87. The minimum atomic E-state index is 0.134. The number of hydrogen-bond acceptors (Lipinski definition) is 3. The summed E-state index contributed by atoms with van der Waals surface area (Å²) in [7, 11) is 0. The number of thiocarbonyl (C=S) groups is 1. The zero-order valence-corrected chi connectivity index (χ0v) is 6.76. The number of aryl methyl sites for hydroxylation is 1. The molecule has 58 valence electrons. The van der Waals surface area contributed by atoms with Gasteiger partial charge in [-0.05, 0) is 0 Å². The summed E-state index contributed by atoms with van der Waals surface area (Å²) in [5, 5.41) is 10.9. The van der Waals surface area contributed by atoms with Gasteiger partial charge in [0.2, 0.25) is 11.9 Å². The quantitative estimate of drug-likeness (QED) is 0.355. The van der Waals surface area contributed by atoms with Crippen LogP contribution in [0.1, 0.15) is 11.4 Å². The van der Waals surface area contributed by atoms with Gasteiger partial charge >= 0.3 is 0 Å². The van der Waals surface area contributed by atoms with Gasteiger partial charge in [-0.15, -0.1) is 0 Å². The molecule has 0 radical (unpaired) electrons. The minimum Gasteiger partial charge on any atom is -0.618 e. The summed E-state index contributed by atoms with van der Waals surface area (Å²) in [6.45, 7) is 1.66. The highest BCUT2D eigenvalue weighted by atomic mass is 32.1. The summed E-state index contributed by atoms with van der Waals surface area (Å²) in [5.74, 6) is 0. The zero-order valence-electron chi connectivity index (χ0n) is 5.94. The van der Waals surface area contributed by atoms with Gasteiger partial charge in [0.25, 0.3) is 0 Å². The number of nitrogens with two attached hydrogens (primary N) is 1. The Morgan fingerprint density at radius 2 is 2.45 bits per heavy atom. The van der Waals surface area contributed by atoms with E-state index in [0.29, 0.717) is 16.1 Å². The molecule has 1 aromatic heterocycles. The first-order valence-corrected chi connectivity index (χ1v) is 3.37. The van der Waals surface area contributed by atoms with Gasteiger partial charge in [-0.3, -0.25) is 0 Å². The fourth-order valence-electron chi connectivity index (χ4n) is 0.593. The van der Waals surface area contributed by atoms with Gasteiger partial charge in [0.05, 0.1) is 6.20 Å². The van der Waals surface area contributed by atoms with Crippen molar-refractivity contribution in [2.24, 2.45) is 5.73 Å². The van der Waals surface area contributed by atoms with Crippen LogP contribution in [0.5, 0.6) is 0 Å². The summed E-state index contributed by atoms with van der Waals surface area (Å²) in [5.41, 5.74) is 6.12. The summed E-state index contributed by atoms with van der Waals surface area (Å²) in [6, 6.07) is 0. The van der Waals surface area contributed by atoms with Gasteiger partial charge in [-0.2, -0.15) is 4.73 Å². The molecule has 0 spiro atoms. The molecule has 0 aliphatic heterocycles. The molecule has 0 saturated carbocycles. The van der Waals surface area contributed by atoms with Crippen molar-refractivity contribution in [3.8, 4) is 0 Å². The Hall–Kier alpha value is -1.23. The third-order valence-corrected chi connectivity index (χ3v) is 1.44. The van der Waals surface area contributed by atoms with Crippen molar-refractivity contribution in [1.29, 1.82) is 0 Å².